The van der Waals surface area contributed by atoms with Gasteiger partial charge >= 0.3 is 6.18 Å². The summed E-state index contributed by atoms with van der Waals surface area (Å²) in [5.41, 5.74) is 0.146. The second-order valence-electron chi connectivity index (χ2n) is 6.91. The van der Waals surface area contributed by atoms with Crippen LogP contribution in [0.5, 0.6) is 0 Å². The highest BCUT2D eigenvalue weighted by Crippen LogP contribution is 2.32. The Hall–Kier alpha value is -2.48. The minimum Gasteiger partial charge on any atom is -0.298 e. The zero-order valence-corrected chi connectivity index (χ0v) is 14.5. The van der Waals surface area contributed by atoms with Gasteiger partial charge in [0.15, 0.2) is 5.65 Å². The molecule has 3 heterocycles. The highest BCUT2D eigenvalue weighted by atomic mass is 19.4. The first-order chi connectivity index (χ1) is 12.9. The molecular formula is C19H18F4N4. The summed E-state index contributed by atoms with van der Waals surface area (Å²) >= 11 is 0. The fourth-order valence-corrected chi connectivity index (χ4v) is 3.71. The van der Waals surface area contributed by atoms with E-state index in [-0.39, 0.29) is 12.5 Å². The van der Waals surface area contributed by atoms with Crippen LogP contribution in [0.15, 0.2) is 42.6 Å². The van der Waals surface area contributed by atoms with Crippen molar-refractivity contribution in [3.63, 3.8) is 0 Å². The standard InChI is InChI=1S/C19H18F4N4/c20-16-9-13(8-15(10-16)19(21,22)23)11-26-6-3-4-14(12-26)18-25-24-17-5-1-2-7-27(17)18/h1-2,5,7-10,14H,3-4,6,11-12H2. The van der Waals surface area contributed by atoms with Gasteiger partial charge < -0.3 is 0 Å². The summed E-state index contributed by atoms with van der Waals surface area (Å²) in [6, 6.07) is 8.41. The van der Waals surface area contributed by atoms with Crippen LogP contribution in [0.25, 0.3) is 5.65 Å². The van der Waals surface area contributed by atoms with Crippen molar-refractivity contribution in [3.05, 3.63) is 65.4 Å². The number of rotatable bonds is 3. The number of nitrogens with zero attached hydrogens (tertiary/aromatic N) is 4. The predicted molar refractivity (Wildman–Crippen MR) is 91.6 cm³/mol. The molecule has 1 aliphatic rings. The topological polar surface area (TPSA) is 33.4 Å². The van der Waals surface area contributed by atoms with E-state index in [4.69, 9.17) is 0 Å². The predicted octanol–water partition coefficient (Wildman–Crippen LogP) is 4.27. The molecule has 8 heteroatoms. The van der Waals surface area contributed by atoms with Gasteiger partial charge in [0.1, 0.15) is 11.6 Å². The SMILES string of the molecule is Fc1cc(CN2CCCC(c3nnc4ccccn34)C2)cc(C(F)(F)F)c1. The first-order valence-corrected chi connectivity index (χ1v) is 8.79. The Morgan fingerprint density at radius 3 is 2.78 bits per heavy atom. The van der Waals surface area contributed by atoms with Crippen molar-refractivity contribution in [2.24, 2.45) is 0 Å². The average Bonchev–Trinajstić information content (AvgIpc) is 3.05. The Bertz CT molecular complexity index is 950. The van der Waals surface area contributed by atoms with Crippen molar-refractivity contribution < 1.29 is 17.6 Å². The molecule has 1 aromatic carbocycles. The third kappa shape index (κ3) is 3.80. The van der Waals surface area contributed by atoms with E-state index >= 15 is 0 Å². The number of likely N-dealkylation sites (tertiary alicyclic amines) is 1. The monoisotopic (exact) mass is 378 g/mol. The van der Waals surface area contributed by atoms with Crippen molar-refractivity contribution in [1.29, 1.82) is 0 Å². The lowest BCUT2D eigenvalue weighted by molar-refractivity contribution is -0.137. The zero-order valence-electron chi connectivity index (χ0n) is 14.5. The van der Waals surface area contributed by atoms with Gasteiger partial charge in [-0.1, -0.05) is 6.07 Å². The lowest BCUT2D eigenvalue weighted by Gasteiger charge is -2.32. The van der Waals surface area contributed by atoms with Crippen LogP contribution in [0.3, 0.4) is 0 Å². The smallest absolute Gasteiger partial charge is 0.298 e. The zero-order chi connectivity index (χ0) is 19.0. The first kappa shape index (κ1) is 17.9. The van der Waals surface area contributed by atoms with Gasteiger partial charge in [0, 0.05) is 25.2 Å². The van der Waals surface area contributed by atoms with E-state index in [2.05, 4.69) is 10.2 Å². The van der Waals surface area contributed by atoms with Gasteiger partial charge in [-0.05, 0) is 55.3 Å². The van der Waals surface area contributed by atoms with Crippen molar-refractivity contribution >= 4 is 5.65 Å². The van der Waals surface area contributed by atoms with E-state index in [0.717, 1.165) is 36.9 Å². The molecule has 2 aromatic heterocycles. The molecule has 4 nitrogen and oxygen atoms in total. The molecule has 3 aromatic rings. The van der Waals surface area contributed by atoms with Gasteiger partial charge in [0.2, 0.25) is 0 Å². The fraction of sp³-hybridized carbons (Fsp3) is 0.368. The Morgan fingerprint density at radius 2 is 1.96 bits per heavy atom. The molecule has 27 heavy (non-hydrogen) atoms. The lowest BCUT2D eigenvalue weighted by Crippen LogP contribution is -2.34. The molecule has 1 aliphatic heterocycles. The Kier molecular flexibility index (Phi) is 4.59. The van der Waals surface area contributed by atoms with Crippen molar-refractivity contribution in [3.8, 4) is 0 Å². The molecule has 0 spiro atoms. The maximum atomic E-state index is 13.6. The van der Waals surface area contributed by atoms with Gasteiger partial charge in [-0.25, -0.2) is 4.39 Å². The number of hydrogen-bond acceptors (Lipinski definition) is 3. The molecule has 1 unspecified atom stereocenters. The second-order valence-corrected chi connectivity index (χ2v) is 6.91. The minimum absolute atomic E-state index is 0.131. The summed E-state index contributed by atoms with van der Waals surface area (Å²) in [5.74, 6) is 0.120. The van der Waals surface area contributed by atoms with E-state index in [1.54, 1.807) is 0 Å². The largest absolute Gasteiger partial charge is 0.416 e. The molecule has 1 fully saturated rings. The normalized spacial score (nSPS) is 18.9. The highest BCUT2D eigenvalue weighted by molar-refractivity contribution is 5.37. The molecule has 0 radical (unpaired) electrons. The van der Waals surface area contributed by atoms with Crippen LogP contribution in [0.2, 0.25) is 0 Å². The highest BCUT2D eigenvalue weighted by Gasteiger charge is 2.32. The summed E-state index contributed by atoms with van der Waals surface area (Å²) in [6.45, 7) is 1.67. The Balaban J connectivity index is 1.53. The van der Waals surface area contributed by atoms with Crippen LogP contribution in [0.1, 0.15) is 35.7 Å². The van der Waals surface area contributed by atoms with Crippen LogP contribution in [-0.2, 0) is 12.7 Å². The first-order valence-electron chi connectivity index (χ1n) is 8.79. The number of benzene rings is 1. The van der Waals surface area contributed by atoms with Crippen molar-refractivity contribution in [2.45, 2.75) is 31.5 Å². The number of pyridine rings is 1. The fourth-order valence-electron chi connectivity index (χ4n) is 3.71. The number of fused-ring (bicyclic) bond motifs is 1. The maximum Gasteiger partial charge on any atom is 0.416 e. The van der Waals surface area contributed by atoms with Gasteiger partial charge in [-0.2, -0.15) is 13.2 Å². The summed E-state index contributed by atoms with van der Waals surface area (Å²) < 4.78 is 54.4. The third-order valence-electron chi connectivity index (χ3n) is 4.90. The number of alkyl halides is 3. The van der Waals surface area contributed by atoms with Gasteiger partial charge in [0.25, 0.3) is 0 Å². The van der Waals surface area contributed by atoms with Gasteiger partial charge in [-0.15, -0.1) is 10.2 Å². The molecule has 142 valence electrons. The second kappa shape index (κ2) is 6.92. The van der Waals surface area contributed by atoms with E-state index in [1.165, 1.54) is 6.07 Å². The van der Waals surface area contributed by atoms with E-state index in [0.29, 0.717) is 18.2 Å². The molecule has 0 bridgehead atoms. The quantitative estimate of drug-likeness (QED) is 0.639. The molecule has 1 saturated heterocycles. The van der Waals surface area contributed by atoms with Crippen molar-refractivity contribution in [2.75, 3.05) is 13.1 Å². The molecule has 0 saturated carbocycles. The van der Waals surface area contributed by atoms with E-state index < -0.39 is 17.6 Å². The minimum atomic E-state index is -4.55. The molecule has 1 atom stereocenters. The molecule has 0 N–H and O–H groups in total. The number of hydrogen-bond donors (Lipinski definition) is 0. The average molecular weight is 378 g/mol. The van der Waals surface area contributed by atoms with Crippen LogP contribution in [0, 0.1) is 5.82 Å². The lowest BCUT2D eigenvalue weighted by atomic mass is 9.96. The third-order valence-corrected chi connectivity index (χ3v) is 4.90. The van der Waals surface area contributed by atoms with Crippen LogP contribution in [-0.4, -0.2) is 32.6 Å². The van der Waals surface area contributed by atoms with Crippen LogP contribution in [0.4, 0.5) is 17.6 Å². The Morgan fingerprint density at radius 1 is 1.11 bits per heavy atom. The molecule has 0 amide bonds. The van der Waals surface area contributed by atoms with Crippen LogP contribution < -0.4 is 0 Å². The molecule has 4 rings (SSSR count). The maximum absolute atomic E-state index is 13.6. The Labute approximate surface area is 153 Å². The summed E-state index contributed by atoms with van der Waals surface area (Å²) in [6.07, 6.45) is -0.815. The summed E-state index contributed by atoms with van der Waals surface area (Å²) in [4.78, 5) is 2.05. The summed E-state index contributed by atoms with van der Waals surface area (Å²) in [5, 5.41) is 8.47. The van der Waals surface area contributed by atoms with Gasteiger partial charge in [-0.3, -0.25) is 9.30 Å². The van der Waals surface area contributed by atoms with Crippen molar-refractivity contribution in [1.82, 2.24) is 19.5 Å². The molecular weight excluding hydrogens is 360 g/mol. The van der Waals surface area contributed by atoms with Crippen LogP contribution >= 0.6 is 0 Å². The number of aromatic nitrogens is 3. The molecule has 0 aliphatic carbocycles. The van der Waals surface area contributed by atoms with E-state index in [9.17, 15) is 17.6 Å². The van der Waals surface area contributed by atoms with Gasteiger partial charge in [0.05, 0.1) is 5.56 Å². The summed E-state index contributed by atoms with van der Waals surface area (Å²) in [7, 11) is 0. The van der Waals surface area contributed by atoms with E-state index in [1.807, 2.05) is 33.7 Å². The number of halogens is 4. The number of piperidine rings is 1.